The second-order valence-electron chi connectivity index (χ2n) is 5.08. The first kappa shape index (κ1) is 16.0. The maximum Gasteiger partial charge on any atom is 0.191 e. The zero-order chi connectivity index (χ0) is 16.1. The van der Waals surface area contributed by atoms with Gasteiger partial charge in [0, 0.05) is 26.0 Å². The first-order valence-corrected chi connectivity index (χ1v) is 7.03. The van der Waals surface area contributed by atoms with E-state index in [9.17, 15) is 8.78 Å². The molecule has 22 heavy (non-hydrogen) atoms. The van der Waals surface area contributed by atoms with E-state index in [0.717, 1.165) is 11.8 Å². The fourth-order valence-corrected chi connectivity index (χ4v) is 2.12. The van der Waals surface area contributed by atoms with E-state index >= 15 is 0 Å². The number of nitrogens with one attached hydrogen (secondary N) is 2. The zero-order valence-corrected chi connectivity index (χ0v) is 12.9. The molecule has 4 nitrogen and oxygen atoms in total. The van der Waals surface area contributed by atoms with Gasteiger partial charge in [-0.2, -0.15) is 0 Å². The molecule has 0 aliphatic carbocycles. The second kappa shape index (κ2) is 7.06. The van der Waals surface area contributed by atoms with E-state index in [1.54, 1.807) is 13.1 Å². The molecular formula is C16H20F2N4. The van der Waals surface area contributed by atoms with Crippen LogP contribution < -0.4 is 10.6 Å². The quantitative estimate of drug-likeness (QED) is 0.673. The van der Waals surface area contributed by atoms with E-state index < -0.39 is 11.6 Å². The fraction of sp³-hybridized carbons (Fsp3) is 0.312. The van der Waals surface area contributed by atoms with Gasteiger partial charge in [0.05, 0.1) is 12.6 Å². The van der Waals surface area contributed by atoms with Crippen LogP contribution in [0.2, 0.25) is 0 Å². The first-order valence-electron chi connectivity index (χ1n) is 7.03. The summed E-state index contributed by atoms with van der Waals surface area (Å²) in [6.07, 6.45) is 1.97. The molecule has 6 heteroatoms. The third-order valence-electron chi connectivity index (χ3n) is 3.51. The maximum absolute atomic E-state index is 13.3. The third-order valence-corrected chi connectivity index (χ3v) is 3.51. The number of guanidine groups is 1. The maximum atomic E-state index is 13.3. The van der Waals surface area contributed by atoms with Gasteiger partial charge < -0.3 is 15.2 Å². The van der Waals surface area contributed by atoms with Crippen molar-refractivity contribution in [2.45, 2.75) is 19.5 Å². The number of rotatable bonds is 4. The molecule has 0 saturated carbocycles. The molecule has 1 unspecified atom stereocenters. The molecule has 2 aromatic rings. The van der Waals surface area contributed by atoms with Crippen LogP contribution in [0.4, 0.5) is 8.78 Å². The number of hydrogen-bond donors (Lipinski definition) is 2. The van der Waals surface area contributed by atoms with E-state index in [-0.39, 0.29) is 6.04 Å². The number of aromatic nitrogens is 1. The van der Waals surface area contributed by atoms with Crippen LogP contribution in [-0.4, -0.2) is 17.6 Å². The highest BCUT2D eigenvalue weighted by molar-refractivity contribution is 5.80. The Balaban J connectivity index is 1.97. The van der Waals surface area contributed by atoms with Crippen LogP contribution >= 0.6 is 0 Å². The van der Waals surface area contributed by atoms with Gasteiger partial charge in [0.25, 0.3) is 0 Å². The monoisotopic (exact) mass is 306 g/mol. The summed E-state index contributed by atoms with van der Waals surface area (Å²) in [5.74, 6) is -1.10. The van der Waals surface area contributed by atoms with E-state index in [4.69, 9.17) is 0 Å². The molecule has 1 aromatic heterocycles. The number of aliphatic imine (C=N–C) groups is 1. The molecule has 0 amide bonds. The lowest BCUT2D eigenvalue weighted by Crippen LogP contribution is -2.38. The highest BCUT2D eigenvalue weighted by atomic mass is 19.2. The molecule has 1 atom stereocenters. The van der Waals surface area contributed by atoms with Gasteiger partial charge in [-0.25, -0.2) is 8.78 Å². The van der Waals surface area contributed by atoms with Gasteiger partial charge in [-0.05, 0) is 36.8 Å². The summed E-state index contributed by atoms with van der Waals surface area (Å²) >= 11 is 0. The molecule has 0 saturated heterocycles. The van der Waals surface area contributed by atoms with Crippen molar-refractivity contribution in [2.75, 3.05) is 7.05 Å². The molecule has 0 radical (unpaired) electrons. The summed E-state index contributed by atoms with van der Waals surface area (Å²) in [4.78, 5) is 4.14. The van der Waals surface area contributed by atoms with Gasteiger partial charge in [0.2, 0.25) is 0 Å². The fourth-order valence-electron chi connectivity index (χ4n) is 2.12. The van der Waals surface area contributed by atoms with E-state index in [0.29, 0.717) is 18.1 Å². The number of halogens is 2. The molecule has 1 heterocycles. The molecule has 2 N–H and O–H groups in total. The summed E-state index contributed by atoms with van der Waals surface area (Å²) in [5, 5.41) is 6.34. The van der Waals surface area contributed by atoms with Crippen molar-refractivity contribution >= 4 is 5.96 Å². The number of benzene rings is 1. The zero-order valence-electron chi connectivity index (χ0n) is 12.9. The Morgan fingerprint density at radius 1 is 1.27 bits per heavy atom. The van der Waals surface area contributed by atoms with Crippen LogP contribution in [0.25, 0.3) is 0 Å². The van der Waals surface area contributed by atoms with Gasteiger partial charge >= 0.3 is 0 Å². The van der Waals surface area contributed by atoms with Crippen molar-refractivity contribution in [3.8, 4) is 0 Å². The van der Waals surface area contributed by atoms with Crippen molar-refractivity contribution in [1.29, 1.82) is 0 Å². The van der Waals surface area contributed by atoms with E-state index in [1.165, 1.54) is 6.07 Å². The van der Waals surface area contributed by atoms with Gasteiger partial charge in [0.1, 0.15) is 0 Å². The second-order valence-corrected chi connectivity index (χ2v) is 5.08. The minimum atomic E-state index is -0.849. The van der Waals surface area contributed by atoms with E-state index in [2.05, 4.69) is 15.6 Å². The lowest BCUT2D eigenvalue weighted by Gasteiger charge is -2.18. The first-order chi connectivity index (χ1) is 10.5. The van der Waals surface area contributed by atoms with Crippen molar-refractivity contribution < 1.29 is 8.78 Å². The van der Waals surface area contributed by atoms with Crippen molar-refractivity contribution in [1.82, 2.24) is 15.2 Å². The van der Waals surface area contributed by atoms with Gasteiger partial charge in [-0.15, -0.1) is 0 Å². The van der Waals surface area contributed by atoms with Crippen molar-refractivity contribution in [2.24, 2.45) is 12.0 Å². The van der Waals surface area contributed by atoms with Crippen LogP contribution in [0.3, 0.4) is 0 Å². The van der Waals surface area contributed by atoms with Gasteiger partial charge in [-0.3, -0.25) is 4.99 Å². The van der Waals surface area contributed by atoms with Crippen LogP contribution in [0.5, 0.6) is 0 Å². The van der Waals surface area contributed by atoms with Gasteiger partial charge in [-0.1, -0.05) is 6.07 Å². The SMILES string of the molecule is CN=C(NCc1cccn1C)NC(C)c1ccc(F)c(F)c1. The molecule has 1 aromatic carbocycles. The summed E-state index contributed by atoms with van der Waals surface area (Å²) in [6.45, 7) is 2.48. The standard InChI is InChI=1S/C16H20F2N4/c1-11(12-6-7-14(17)15(18)9-12)21-16(19-2)20-10-13-5-4-8-22(13)3/h4-9,11H,10H2,1-3H3,(H2,19,20,21). The molecule has 2 rings (SSSR count). The van der Waals surface area contributed by atoms with Crippen LogP contribution in [0.1, 0.15) is 24.2 Å². The minimum absolute atomic E-state index is 0.199. The third kappa shape index (κ3) is 3.84. The Labute approximate surface area is 128 Å². The number of nitrogens with zero attached hydrogens (tertiary/aromatic N) is 2. The molecule has 118 valence electrons. The van der Waals surface area contributed by atoms with E-state index in [1.807, 2.05) is 36.9 Å². The Morgan fingerprint density at radius 3 is 2.64 bits per heavy atom. The summed E-state index contributed by atoms with van der Waals surface area (Å²) in [5.41, 5.74) is 1.77. The Morgan fingerprint density at radius 2 is 2.05 bits per heavy atom. The topological polar surface area (TPSA) is 41.4 Å². The lowest BCUT2D eigenvalue weighted by molar-refractivity contribution is 0.504. The average Bonchev–Trinajstić information content (AvgIpc) is 2.91. The molecule has 0 spiro atoms. The largest absolute Gasteiger partial charge is 0.353 e. The normalized spacial score (nSPS) is 13.0. The Hall–Kier alpha value is -2.37. The molecule has 0 aliphatic rings. The number of hydrogen-bond acceptors (Lipinski definition) is 1. The smallest absolute Gasteiger partial charge is 0.191 e. The van der Waals surface area contributed by atoms with Crippen molar-refractivity contribution in [3.05, 3.63) is 59.4 Å². The van der Waals surface area contributed by atoms with Gasteiger partial charge in [0.15, 0.2) is 17.6 Å². The lowest BCUT2D eigenvalue weighted by atomic mass is 10.1. The summed E-state index contributed by atoms with van der Waals surface area (Å²) in [6, 6.07) is 7.66. The predicted molar refractivity (Wildman–Crippen MR) is 83.5 cm³/mol. The molecule has 0 fully saturated rings. The molecule has 0 bridgehead atoms. The van der Waals surface area contributed by atoms with Crippen molar-refractivity contribution in [3.63, 3.8) is 0 Å². The van der Waals surface area contributed by atoms with Crippen LogP contribution in [0.15, 0.2) is 41.5 Å². The minimum Gasteiger partial charge on any atom is -0.353 e. The molecular weight excluding hydrogens is 286 g/mol. The highest BCUT2D eigenvalue weighted by Gasteiger charge is 2.11. The summed E-state index contributed by atoms with van der Waals surface area (Å²) in [7, 11) is 3.63. The highest BCUT2D eigenvalue weighted by Crippen LogP contribution is 2.15. The van der Waals surface area contributed by atoms with Crippen LogP contribution in [-0.2, 0) is 13.6 Å². The average molecular weight is 306 g/mol. The molecule has 0 aliphatic heterocycles. The van der Waals surface area contributed by atoms with Crippen LogP contribution in [0, 0.1) is 11.6 Å². The Kier molecular flexibility index (Phi) is 5.14. The summed E-state index contributed by atoms with van der Waals surface area (Å²) < 4.78 is 28.3. The number of aryl methyl sites for hydroxylation is 1. The Bertz CT molecular complexity index is 664. The predicted octanol–water partition coefficient (Wildman–Crippen LogP) is 2.73.